The monoisotopic (exact) mass is 221 g/mol. The summed E-state index contributed by atoms with van der Waals surface area (Å²) in [6.45, 7) is 5.76. The lowest BCUT2D eigenvalue weighted by Gasteiger charge is -2.41. The number of nitrogens with zero attached hydrogens (tertiary/aromatic N) is 1. The van der Waals surface area contributed by atoms with Crippen molar-refractivity contribution in [3.63, 3.8) is 0 Å². The van der Waals surface area contributed by atoms with Gasteiger partial charge in [-0.3, -0.25) is 4.79 Å². The fourth-order valence-corrected chi connectivity index (χ4v) is 2.00. The van der Waals surface area contributed by atoms with Crippen LogP contribution in [0.1, 0.15) is 30.8 Å². The Bertz CT molecular complexity index is 370. The maximum Gasteiger partial charge on any atom is 0.270 e. The van der Waals surface area contributed by atoms with E-state index in [-0.39, 0.29) is 17.4 Å². The summed E-state index contributed by atoms with van der Waals surface area (Å²) < 4.78 is 0. The summed E-state index contributed by atoms with van der Waals surface area (Å²) >= 11 is 0. The van der Waals surface area contributed by atoms with E-state index in [9.17, 15) is 4.79 Å². The van der Waals surface area contributed by atoms with Crippen molar-refractivity contribution < 1.29 is 4.79 Å². The molecule has 88 valence electrons. The number of nitrogens with one attached hydrogen (secondary N) is 1. The van der Waals surface area contributed by atoms with Crippen LogP contribution in [0.15, 0.2) is 18.3 Å². The number of carbonyl (C=O) groups is 1. The summed E-state index contributed by atoms with van der Waals surface area (Å²) in [6.07, 6.45) is 2.72. The smallest absolute Gasteiger partial charge is 0.270 e. The van der Waals surface area contributed by atoms with Crippen molar-refractivity contribution in [3.05, 3.63) is 24.0 Å². The molecule has 0 spiro atoms. The highest BCUT2D eigenvalue weighted by molar-refractivity contribution is 5.92. The van der Waals surface area contributed by atoms with Crippen LogP contribution < -0.4 is 5.73 Å². The number of carbonyl (C=O) groups excluding carboxylic acids is 1. The zero-order valence-corrected chi connectivity index (χ0v) is 9.86. The first kappa shape index (κ1) is 11.2. The summed E-state index contributed by atoms with van der Waals surface area (Å²) in [5, 5.41) is 0. The molecule has 2 heterocycles. The first-order chi connectivity index (χ1) is 7.50. The molecule has 3 N–H and O–H groups in total. The van der Waals surface area contributed by atoms with Crippen molar-refractivity contribution in [2.24, 2.45) is 11.1 Å². The number of likely N-dealkylation sites (tertiary alicyclic amines) is 1. The minimum absolute atomic E-state index is 0.0518. The number of nitrogens with two attached hydrogens (primary N) is 1. The summed E-state index contributed by atoms with van der Waals surface area (Å²) in [4.78, 5) is 16.8. The van der Waals surface area contributed by atoms with Crippen LogP contribution >= 0.6 is 0 Å². The van der Waals surface area contributed by atoms with Gasteiger partial charge in [0.2, 0.25) is 0 Å². The van der Waals surface area contributed by atoms with Gasteiger partial charge in [0, 0.05) is 25.3 Å². The molecule has 1 unspecified atom stereocenters. The van der Waals surface area contributed by atoms with Crippen LogP contribution in [0.4, 0.5) is 0 Å². The number of rotatable bonds is 1. The molecule has 4 heteroatoms. The van der Waals surface area contributed by atoms with Crippen LogP contribution in [0, 0.1) is 5.41 Å². The summed E-state index contributed by atoms with van der Waals surface area (Å²) in [5.41, 5.74) is 6.87. The number of amides is 1. The van der Waals surface area contributed by atoms with Gasteiger partial charge in [0.05, 0.1) is 0 Å². The van der Waals surface area contributed by atoms with Crippen molar-refractivity contribution in [1.82, 2.24) is 9.88 Å². The quantitative estimate of drug-likeness (QED) is 0.749. The standard InChI is InChI=1S/C12H19N3O/c1-12(2)5-7-15(8-10(12)13)11(16)9-4-3-6-14-9/h3-4,6,10,14H,5,7-8,13H2,1-2H3. The van der Waals surface area contributed by atoms with Gasteiger partial charge in [-0.1, -0.05) is 13.8 Å². The Morgan fingerprint density at radius 1 is 1.62 bits per heavy atom. The SMILES string of the molecule is CC1(C)CCN(C(=O)c2ccc[nH]2)CC1N. The van der Waals surface area contributed by atoms with Crippen molar-refractivity contribution in [2.75, 3.05) is 13.1 Å². The molecule has 1 aliphatic rings. The molecule has 2 rings (SSSR count). The molecule has 16 heavy (non-hydrogen) atoms. The molecule has 1 aromatic rings. The molecule has 1 aromatic heterocycles. The molecule has 0 saturated carbocycles. The van der Waals surface area contributed by atoms with Crippen molar-refractivity contribution >= 4 is 5.91 Å². The lowest BCUT2D eigenvalue weighted by Crippen LogP contribution is -2.54. The fraction of sp³-hybridized carbons (Fsp3) is 0.583. The first-order valence-electron chi connectivity index (χ1n) is 5.69. The topological polar surface area (TPSA) is 62.1 Å². The van der Waals surface area contributed by atoms with Crippen LogP contribution in [0.3, 0.4) is 0 Å². The Morgan fingerprint density at radius 2 is 2.38 bits per heavy atom. The highest BCUT2D eigenvalue weighted by Crippen LogP contribution is 2.29. The Hall–Kier alpha value is -1.29. The normalized spacial score (nSPS) is 24.4. The molecule has 1 aliphatic heterocycles. The Kier molecular flexibility index (Phi) is 2.76. The van der Waals surface area contributed by atoms with Crippen LogP contribution in [-0.2, 0) is 0 Å². The van der Waals surface area contributed by atoms with Crippen LogP contribution in [-0.4, -0.2) is 34.9 Å². The van der Waals surface area contributed by atoms with Gasteiger partial charge in [-0.05, 0) is 24.0 Å². The van der Waals surface area contributed by atoms with E-state index < -0.39 is 0 Å². The summed E-state index contributed by atoms with van der Waals surface area (Å²) in [7, 11) is 0. The molecule has 1 saturated heterocycles. The zero-order valence-electron chi connectivity index (χ0n) is 9.86. The number of hydrogen-bond acceptors (Lipinski definition) is 2. The third kappa shape index (κ3) is 1.97. The highest BCUT2D eigenvalue weighted by Gasteiger charge is 2.35. The Morgan fingerprint density at radius 3 is 2.94 bits per heavy atom. The van der Waals surface area contributed by atoms with Crippen molar-refractivity contribution in [3.8, 4) is 0 Å². The van der Waals surface area contributed by atoms with Gasteiger partial charge in [0.25, 0.3) is 5.91 Å². The van der Waals surface area contributed by atoms with Gasteiger partial charge >= 0.3 is 0 Å². The van der Waals surface area contributed by atoms with Crippen molar-refractivity contribution in [2.45, 2.75) is 26.3 Å². The largest absolute Gasteiger partial charge is 0.357 e. The average Bonchev–Trinajstić information content (AvgIpc) is 2.74. The number of aromatic nitrogens is 1. The van der Waals surface area contributed by atoms with Gasteiger partial charge < -0.3 is 15.6 Å². The number of piperidine rings is 1. The van der Waals surface area contributed by atoms with E-state index in [0.717, 1.165) is 13.0 Å². The molecule has 0 aliphatic carbocycles. The van der Waals surface area contributed by atoms with Gasteiger partial charge in [0.15, 0.2) is 0 Å². The minimum Gasteiger partial charge on any atom is -0.357 e. The maximum absolute atomic E-state index is 12.1. The third-order valence-corrected chi connectivity index (χ3v) is 3.56. The average molecular weight is 221 g/mol. The molecule has 1 atom stereocenters. The molecular formula is C12H19N3O. The second kappa shape index (κ2) is 3.94. The van der Waals surface area contributed by atoms with Gasteiger partial charge in [-0.15, -0.1) is 0 Å². The lowest BCUT2D eigenvalue weighted by molar-refractivity contribution is 0.0570. The Balaban J connectivity index is 2.06. The second-order valence-corrected chi connectivity index (χ2v) is 5.18. The van der Waals surface area contributed by atoms with Crippen LogP contribution in [0.25, 0.3) is 0 Å². The summed E-state index contributed by atoms with van der Waals surface area (Å²) in [6, 6.07) is 3.69. The van der Waals surface area contributed by atoms with Gasteiger partial charge in [-0.2, -0.15) is 0 Å². The maximum atomic E-state index is 12.1. The minimum atomic E-state index is 0.0518. The lowest BCUT2D eigenvalue weighted by atomic mass is 9.78. The second-order valence-electron chi connectivity index (χ2n) is 5.18. The highest BCUT2D eigenvalue weighted by atomic mass is 16.2. The number of H-pyrrole nitrogens is 1. The van der Waals surface area contributed by atoms with E-state index >= 15 is 0 Å². The van der Waals surface area contributed by atoms with E-state index in [2.05, 4.69) is 18.8 Å². The van der Waals surface area contributed by atoms with E-state index in [0.29, 0.717) is 12.2 Å². The number of aromatic amines is 1. The Labute approximate surface area is 95.8 Å². The van der Waals surface area contributed by atoms with Crippen LogP contribution in [0.5, 0.6) is 0 Å². The zero-order chi connectivity index (χ0) is 11.8. The van der Waals surface area contributed by atoms with Crippen molar-refractivity contribution in [1.29, 1.82) is 0 Å². The van der Waals surface area contributed by atoms with Crippen LogP contribution in [0.2, 0.25) is 0 Å². The first-order valence-corrected chi connectivity index (χ1v) is 5.69. The molecular weight excluding hydrogens is 202 g/mol. The van der Waals surface area contributed by atoms with E-state index in [4.69, 9.17) is 5.73 Å². The molecule has 1 fully saturated rings. The van der Waals surface area contributed by atoms with Gasteiger partial charge in [0.1, 0.15) is 5.69 Å². The third-order valence-electron chi connectivity index (χ3n) is 3.56. The molecule has 0 radical (unpaired) electrons. The summed E-state index contributed by atoms with van der Waals surface area (Å²) in [5.74, 6) is 0.0518. The van der Waals surface area contributed by atoms with E-state index in [1.807, 2.05) is 11.0 Å². The number of hydrogen-bond donors (Lipinski definition) is 2. The van der Waals surface area contributed by atoms with Gasteiger partial charge in [-0.25, -0.2) is 0 Å². The molecule has 0 bridgehead atoms. The van der Waals surface area contributed by atoms with E-state index in [1.165, 1.54) is 0 Å². The molecule has 0 aromatic carbocycles. The van der Waals surface area contributed by atoms with E-state index in [1.54, 1.807) is 12.3 Å². The molecule has 1 amide bonds. The molecule has 4 nitrogen and oxygen atoms in total. The predicted octanol–water partition coefficient (Wildman–Crippen LogP) is 1.21. The fourth-order valence-electron chi connectivity index (χ4n) is 2.00. The predicted molar refractivity (Wildman–Crippen MR) is 63.1 cm³/mol.